The van der Waals surface area contributed by atoms with Gasteiger partial charge in [0.1, 0.15) is 12.0 Å². The Balaban J connectivity index is 1.26. The zero-order valence-corrected chi connectivity index (χ0v) is 15.7. The van der Waals surface area contributed by atoms with Crippen LogP contribution in [0.5, 0.6) is 0 Å². The van der Waals surface area contributed by atoms with Gasteiger partial charge in [0.05, 0.1) is 30.2 Å². The van der Waals surface area contributed by atoms with Gasteiger partial charge in [-0.15, -0.1) is 0 Å². The van der Waals surface area contributed by atoms with Gasteiger partial charge in [-0.2, -0.15) is 5.10 Å². The number of amides is 1. The van der Waals surface area contributed by atoms with Crippen LogP contribution in [0.1, 0.15) is 52.1 Å². The molecule has 1 saturated carbocycles. The Kier molecular flexibility index (Phi) is 4.23. The molecule has 3 aromatic heterocycles. The standard InChI is InChI=1S/C19H22N6O3/c1-23(9-14-4-7-28-22-14)10-15-8-16-11-24(5-6-25(16)21-15)19(26)17-18(13-2-3-13)27-12-20-17/h4,7-8,12-13H,2-3,5-6,9-11H2,1H3. The lowest BCUT2D eigenvalue weighted by molar-refractivity contribution is 0.0698. The highest BCUT2D eigenvalue weighted by Crippen LogP contribution is 2.41. The second-order valence-corrected chi connectivity index (χ2v) is 7.58. The van der Waals surface area contributed by atoms with E-state index in [0.717, 1.165) is 35.7 Å². The zero-order chi connectivity index (χ0) is 19.1. The van der Waals surface area contributed by atoms with Gasteiger partial charge >= 0.3 is 0 Å². The average Bonchev–Trinajstić information content (AvgIpc) is 3.09. The SMILES string of the molecule is CN(Cc1ccon1)Cc1cc2n(n1)CCN(C(=O)c1ncoc1C1CC1)C2. The van der Waals surface area contributed by atoms with E-state index in [1.165, 1.54) is 6.39 Å². The molecule has 0 saturated heterocycles. The van der Waals surface area contributed by atoms with E-state index in [9.17, 15) is 4.79 Å². The summed E-state index contributed by atoms with van der Waals surface area (Å²) >= 11 is 0. The van der Waals surface area contributed by atoms with Gasteiger partial charge in [0.2, 0.25) is 0 Å². The van der Waals surface area contributed by atoms with Crippen molar-refractivity contribution in [2.45, 2.75) is 44.9 Å². The van der Waals surface area contributed by atoms with E-state index in [4.69, 9.17) is 14.0 Å². The largest absolute Gasteiger partial charge is 0.447 e. The summed E-state index contributed by atoms with van der Waals surface area (Å²) in [7, 11) is 2.02. The normalized spacial score (nSPS) is 16.6. The van der Waals surface area contributed by atoms with Crippen molar-refractivity contribution in [3.05, 3.63) is 53.3 Å². The van der Waals surface area contributed by atoms with Gasteiger partial charge in [-0.3, -0.25) is 14.4 Å². The molecule has 9 nitrogen and oxygen atoms in total. The van der Waals surface area contributed by atoms with Gasteiger partial charge in [-0.1, -0.05) is 5.16 Å². The van der Waals surface area contributed by atoms with Crippen LogP contribution in [0.15, 0.2) is 33.7 Å². The van der Waals surface area contributed by atoms with Crippen LogP contribution in [0.3, 0.4) is 0 Å². The van der Waals surface area contributed by atoms with E-state index in [1.807, 2.05) is 22.7 Å². The number of fused-ring (bicyclic) bond motifs is 1. The maximum atomic E-state index is 12.9. The second kappa shape index (κ2) is 6.90. The van der Waals surface area contributed by atoms with Gasteiger partial charge in [0, 0.05) is 31.6 Å². The summed E-state index contributed by atoms with van der Waals surface area (Å²) in [6.07, 6.45) is 5.12. The van der Waals surface area contributed by atoms with Crippen LogP contribution in [0, 0.1) is 0 Å². The predicted octanol–water partition coefficient (Wildman–Crippen LogP) is 2.02. The zero-order valence-electron chi connectivity index (χ0n) is 15.7. The van der Waals surface area contributed by atoms with Crippen molar-refractivity contribution in [1.29, 1.82) is 0 Å². The van der Waals surface area contributed by atoms with Gasteiger partial charge in [0.15, 0.2) is 12.1 Å². The minimum Gasteiger partial charge on any atom is -0.447 e. The quantitative estimate of drug-likeness (QED) is 0.644. The molecule has 2 aliphatic rings. The van der Waals surface area contributed by atoms with E-state index in [-0.39, 0.29) is 5.91 Å². The minimum absolute atomic E-state index is 0.0483. The van der Waals surface area contributed by atoms with Crippen LogP contribution in [-0.2, 0) is 26.2 Å². The predicted molar refractivity (Wildman–Crippen MR) is 97.1 cm³/mol. The molecule has 4 heterocycles. The molecule has 5 rings (SSSR count). The number of hydrogen-bond acceptors (Lipinski definition) is 7. The first-order valence-corrected chi connectivity index (χ1v) is 9.53. The Morgan fingerprint density at radius 1 is 1.29 bits per heavy atom. The van der Waals surface area contributed by atoms with Crippen LogP contribution in [0.2, 0.25) is 0 Å². The Bertz CT molecular complexity index is 972. The first-order valence-electron chi connectivity index (χ1n) is 9.53. The molecule has 1 fully saturated rings. The number of hydrogen-bond donors (Lipinski definition) is 0. The third-order valence-corrected chi connectivity index (χ3v) is 5.24. The fourth-order valence-corrected chi connectivity index (χ4v) is 3.71. The summed E-state index contributed by atoms with van der Waals surface area (Å²) in [6.45, 7) is 3.24. The van der Waals surface area contributed by atoms with Crippen molar-refractivity contribution < 1.29 is 13.7 Å². The van der Waals surface area contributed by atoms with Crippen LogP contribution >= 0.6 is 0 Å². The van der Waals surface area contributed by atoms with E-state index in [1.54, 1.807) is 6.26 Å². The summed E-state index contributed by atoms with van der Waals surface area (Å²) in [5.74, 6) is 1.07. The van der Waals surface area contributed by atoms with Gasteiger partial charge < -0.3 is 13.8 Å². The van der Waals surface area contributed by atoms with Crippen LogP contribution in [0.4, 0.5) is 0 Å². The van der Waals surface area contributed by atoms with E-state index >= 15 is 0 Å². The minimum atomic E-state index is -0.0483. The Morgan fingerprint density at radius 3 is 2.93 bits per heavy atom. The number of rotatable bonds is 6. The molecule has 0 aromatic carbocycles. The number of oxazole rings is 1. The van der Waals surface area contributed by atoms with E-state index in [2.05, 4.69) is 21.1 Å². The maximum Gasteiger partial charge on any atom is 0.276 e. The highest BCUT2D eigenvalue weighted by molar-refractivity contribution is 5.93. The third-order valence-electron chi connectivity index (χ3n) is 5.24. The maximum absolute atomic E-state index is 12.9. The molecular weight excluding hydrogens is 360 g/mol. The van der Waals surface area contributed by atoms with Gasteiger partial charge in [0.25, 0.3) is 5.91 Å². The summed E-state index contributed by atoms with van der Waals surface area (Å²) in [5.41, 5.74) is 3.39. The molecule has 146 valence electrons. The Hall–Kier alpha value is -2.94. The Labute approximate surface area is 161 Å². The summed E-state index contributed by atoms with van der Waals surface area (Å²) in [6, 6.07) is 3.93. The second-order valence-electron chi connectivity index (χ2n) is 7.58. The van der Waals surface area contributed by atoms with Crippen molar-refractivity contribution in [3.63, 3.8) is 0 Å². The lowest BCUT2D eigenvalue weighted by Crippen LogP contribution is -2.38. The molecule has 0 spiro atoms. The molecule has 1 amide bonds. The molecule has 0 atom stereocenters. The molecule has 1 aliphatic heterocycles. The van der Waals surface area contributed by atoms with Gasteiger partial charge in [-0.25, -0.2) is 4.98 Å². The third kappa shape index (κ3) is 3.33. The van der Waals surface area contributed by atoms with Crippen molar-refractivity contribution in [2.24, 2.45) is 0 Å². The topological polar surface area (TPSA) is 93.4 Å². The van der Waals surface area contributed by atoms with Crippen molar-refractivity contribution >= 4 is 5.91 Å². The van der Waals surface area contributed by atoms with Gasteiger partial charge in [-0.05, 0) is 26.0 Å². The number of nitrogens with zero attached hydrogens (tertiary/aromatic N) is 6. The summed E-state index contributed by atoms with van der Waals surface area (Å²) < 4.78 is 12.3. The van der Waals surface area contributed by atoms with Crippen LogP contribution in [0.25, 0.3) is 0 Å². The van der Waals surface area contributed by atoms with Crippen molar-refractivity contribution in [3.8, 4) is 0 Å². The average molecular weight is 382 g/mol. The fourth-order valence-electron chi connectivity index (χ4n) is 3.71. The number of carbonyl (C=O) groups is 1. The Morgan fingerprint density at radius 2 is 2.14 bits per heavy atom. The molecule has 1 aliphatic carbocycles. The molecule has 0 N–H and O–H groups in total. The monoisotopic (exact) mass is 382 g/mol. The summed E-state index contributed by atoms with van der Waals surface area (Å²) in [5, 5.41) is 8.63. The smallest absolute Gasteiger partial charge is 0.276 e. The highest BCUT2D eigenvalue weighted by atomic mass is 16.5. The number of carbonyl (C=O) groups excluding carboxylic acids is 1. The molecule has 9 heteroatoms. The lowest BCUT2D eigenvalue weighted by atomic mass is 10.2. The highest BCUT2D eigenvalue weighted by Gasteiger charge is 2.34. The molecule has 0 unspecified atom stereocenters. The van der Waals surface area contributed by atoms with Crippen LogP contribution < -0.4 is 0 Å². The van der Waals surface area contributed by atoms with Crippen molar-refractivity contribution in [2.75, 3.05) is 13.6 Å². The van der Waals surface area contributed by atoms with E-state index < -0.39 is 0 Å². The molecule has 3 aromatic rings. The molecule has 28 heavy (non-hydrogen) atoms. The fraction of sp³-hybridized carbons (Fsp3) is 0.474. The van der Waals surface area contributed by atoms with E-state index in [0.29, 0.717) is 44.3 Å². The lowest BCUT2D eigenvalue weighted by Gasteiger charge is -2.27. The molecule has 0 radical (unpaired) electrons. The summed E-state index contributed by atoms with van der Waals surface area (Å²) in [4.78, 5) is 21.1. The molecular formula is C19H22N6O3. The van der Waals surface area contributed by atoms with Crippen LogP contribution in [-0.4, -0.2) is 49.2 Å². The first kappa shape index (κ1) is 17.2. The molecule has 0 bridgehead atoms. The first-order chi connectivity index (χ1) is 13.7. The number of aromatic nitrogens is 4. The van der Waals surface area contributed by atoms with Crippen molar-refractivity contribution in [1.82, 2.24) is 29.7 Å².